The number of carbonyl (C=O) groups excluding carboxylic acids is 1. The number of amides is 1. The van der Waals surface area contributed by atoms with Crippen LogP contribution in [0.15, 0.2) is 18.3 Å². The van der Waals surface area contributed by atoms with Crippen LogP contribution in [0.5, 0.6) is 0 Å². The molecule has 1 saturated carbocycles. The van der Waals surface area contributed by atoms with Gasteiger partial charge in [0.25, 0.3) is 5.91 Å². The Morgan fingerprint density at radius 3 is 2.78 bits per heavy atom. The van der Waals surface area contributed by atoms with Crippen molar-refractivity contribution < 1.29 is 9.90 Å². The van der Waals surface area contributed by atoms with Gasteiger partial charge in [-0.05, 0) is 43.7 Å². The number of pyridine rings is 1. The van der Waals surface area contributed by atoms with Gasteiger partial charge in [-0.1, -0.05) is 12.3 Å². The van der Waals surface area contributed by atoms with Crippen LogP contribution in [0.3, 0.4) is 0 Å². The van der Waals surface area contributed by atoms with E-state index in [1.807, 2.05) is 0 Å². The summed E-state index contributed by atoms with van der Waals surface area (Å²) in [6.45, 7) is 0. The molecular weight excluding hydrogens is 228 g/mol. The first kappa shape index (κ1) is 12.6. The third kappa shape index (κ3) is 2.88. The van der Waals surface area contributed by atoms with Gasteiger partial charge in [0.05, 0.1) is 5.56 Å². The van der Waals surface area contributed by atoms with Gasteiger partial charge in [-0.3, -0.25) is 4.79 Å². The molecule has 0 aliphatic heterocycles. The van der Waals surface area contributed by atoms with Gasteiger partial charge in [0.2, 0.25) is 0 Å². The maximum Gasteiger partial charge on any atom is 0.251 e. The van der Waals surface area contributed by atoms with Gasteiger partial charge >= 0.3 is 0 Å². The maximum atomic E-state index is 11.2. The Kier molecular flexibility index (Phi) is 3.63. The summed E-state index contributed by atoms with van der Waals surface area (Å²) in [5.74, 6) is 5.08. The summed E-state index contributed by atoms with van der Waals surface area (Å²) in [6, 6.07) is 3.23. The van der Waals surface area contributed by atoms with Crippen molar-refractivity contribution in [3.8, 4) is 11.8 Å². The minimum absolute atomic E-state index is 0.296. The van der Waals surface area contributed by atoms with E-state index < -0.39 is 11.5 Å². The normalized spacial score (nSPS) is 17.6. The van der Waals surface area contributed by atoms with Crippen molar-refractivity contribution in [3.05, 3.63) is 29.6 Å². The van der Waals surface area contributed by atoms with E-state index in [0.29, 0.717) is 24.1 Å². The van der Waals surface area contributed by atoms with E-state index in [1.54, 1.807) is 18.3 Å². The Labute approximate surface area is 106 Å². The Hall–Kier alpha value is -1.86. The van der Waals surface area contributed by atoms with E-state index >= 15 is 0 Å². The van der Waals surface area contributed by atoms with Crippen LogP contribution in [-0.4, -0.2) is 21.6 Å². The number of aromatic nitrogens is 1. The third-order valence-electron chi connectivity index (χ3n) is 3.17. The third-order valence-corrected chi connectivity index (χ3v) is 3.17. The first-order valence-corrected chi connectivity index (χ1v) is 6.11. The van der Waals surface area contributed by atoms with E-state index in [-0.39, 0.29) is 0 Å². The molecule has 1 fully saturated rings. The molecule has 1 aromatic rings. The molecule has 4 heteroatoms. The molecule has 0 aromatic carbocycles. The zero-order valence-electron chi connectivity index (χ0n) is 10.1. The Balaban J connectivity index is 2.26. The van der Waals surface area contributed by atoms with Gasteiger partial charge < -0.3 is 10.8 Å². The fourth-order valence-corrected chi connectivity index (χ4v) is 2.14. The molecular formula is C14H16N2O2. The lowest BCUT2D eigenvalue weighted by Gasteiger charge is -2.26. The number of hydrogen-bond acceptors (Lipinski definition) is 3. The van der Waals surface area contributed by atoms with Gasteiger partial charge in [-0.15, -0.1) is 0 Å². The molecule has 18 heavy (non-hydrogen) atoms. The fourth-order valence-electron chi connectivity index (χ4n) is 2.14. The van der Waals surface area contributed by atoms with Crippen LogP contribution in [0.2, 0.25) is 0 Å². The molecule has 94 valence electrons. The predicted octanol–water partition coefficient (Wildman–Crippen LogP) is 1.23. The quantitative estimate of drug-likeness (QED) is 0.729. The van der Waals surface area contributed by atoms with Crippen molar-refractivity contribution in [2.24, 2.45) is 5.73 Å². The van der Waals surface area contributed by atoms with Crippen molar-refractivity contribution in [1.29, 1.82) is 0 Å². The van der Waals surface area contributed by atoms with Crippen LogP contribution < -0.4 is 5.73 Å². The fraction of sp³-hybridized carbons (Fsp3) is 0.429. The highest BCUT2D eigenvalue weighted by molar-refractivity contribution is 5.94. The summed E-state index contributed by atoms with van der Waals surface area (Å²) in [7, 11) is 0. The summed E-state index contributed by atoms with van der Waals surface area (Å²) in [5, 5.41) is 10.2. The molecule has 0 spiro atoms. The van der Waals surface area contributed by atoms with Crippen LogP contribution in [0.25, 0.3) is 0 Å². The minimum atomic E-state index is -0.940. The van der Waals surface area contributed by atoms with E-state index in [4.69, 9.17) is 5.73 Å². The van der Waals surface area contributed by atoms with Crippen LogP contribution in [0.4, 0.5) is 0 Å². The van der Waals surface area contributed by atoms with E-state index in [9.17, 15) is 9.90 Å². The van der Waals surface area contributed by atoms with Gasteiger partial charge in [0, 0.05) is 6.20 Å². The molecule has 4 nitrogen and oxygen atoms in total. The van der Waals surface area contributed by atoms with Gasteiger partial charge in [0.15, 0.2) is 0 Å². The summed E-state index contributed by atoms with van der Waals surface area (Å²) in [4.78, 5) is 15.2. The number of hydrogen-bond donors (Lipinski definition) is 2. The van der Waals surface area contributed by atoms with Gasteiger partial charge in [-0.25, -0.2) is 4.98 Å². The van der Waals surface area contributed by atoms with Crippen LogP contribution in [0, 0.1) is 11.8 Å². The van der Waals surface area contributed by atoms with Crippen molar-refractivity contribution in [2.75, 3.05) is 0 Å². The molecule has 0 unspecified atom stereocenters. The predicted molar refractivity (Wildman–Crippen MR) is 67.7 cm³/mol. The maximum absolute atomic E-state index is 11.2. The zero-order chi connectivity index (χ0) is 13.0. The molecule has 1 amide bonds. The monoisotopic (exact) mass is 244 g/mol. The van der Waals surface area contributed by atoms with E-state index in [0.717, 1.165) is 19.3 Å². The van der Waals surface area contributed by atoms with Crippen molar-refractivity contribution in [1.82, 2.24) is 4.98 Å². The summed E-state index contributed by atoms with van der Waals surface area (Å²) in [6.07, 6.45) is 6.02. The second-order valence-corrected chi connectivity index (χ2v) is 4.61. The lowest BCUT2D eigenvalue weighted by Crippen LogP contribution is -2.29. The molecule has 1 aromatic heterocycles. The first-order chi connectivity index (χ1) is 8.61. The van der Waals surface area contributed by atoms with Crippen LogP contribution in [-0.2, 0) is 0 Å². The highest BCUT2D eigenvalue weighted by Gasteiger charge is 2.26. The summed E-state index contributed by atoms with van der Waals surface area (Å²) in [5.41, 5.74) is 4.94. The molecule has 0 radical (unpaired) electrons. The Bertz CT molecular complexity index is 508. The van der Waals surface area contributed by atoms with Crippen molar-refractivity contribution in [3.63, 3.8) is 0 Å². The average Bonchev–Trinajstić information content (AvgIpc) is 2.38. The van der Waals surface area contributed by atoms with Crippen molar-refractivity contribution >= 4 is 5.91 Å². The molecule has 3 N–H and O–H groups in total. The number of aliphatic hydroxyl groups is 1. The largest absolute Gasteiger partial charge is 0.378 e. The second kappa shape index (κ2) is 5.19. The lowest BCUT2D eigenvalue weighted by molar-refractivity contribution is 0.0610. The number of carbonyl (C=O) groups is 1. The first-order valence-electron chi connectivity index (χ1n) is 6.11. The molecule has 0 bridgehead atoms. The molecule has 1 aliphatic rings. The lowest BCUT2D eigenvalue weighted by atomic mass is 9.85. The second-order valence-electron chi connectivity index (χ2n) is 4.61. The van der Waals surface area contributed by atoms with Crippen molar-refractivity contribution in [2.45, 2.75) is 37.7 Å². The molecule has 0 saturated heterocycles. The number of primary amides is 1. The highest BCUT2D eigenvalue weighted by Crippen LogP contribution is 2.27. The average molecular weight is 244 g/mol. The van der Waals surface area contributed by atoms with Gasteiger partial charge in [-0.2, -0.15) is 0 Å². The Morgan fingerprint density at radius 2 is 2.11 bits per heavy atom. The highest BCUT2D eigenvalue weighted by atomic mass is 16.3. The standard InChI is InChI=1S/C14H16N2O2/c15-13(17)11-5-4-10-16-12(11)6-9-14(18)7-2-1-3-8-14/h4-5,10,18H,1-3,7-8H2,(H2,15,17). The smallest absolute Gasteiger partial charge is 0.251 e. The van der Waals surface area contributed by atoms with Crippen LogP contribution >= 0.6 is 0 Å². The molecule has 1 heterocycles. The topological polar surface area (TPSA) is 76.2 Å². The molecule has 1 aliphatic carbocycles. The number of rotatable bonds is 1. The van der Waals surface area contributed by atoms with E-state index in [2.05, 4.69) is 16.8 Å². The minimum Gasteiger partial charge on any atom is -0.378 e. The number of nitrogens with two attached hydrogens (primary N) is 1. The number of nitrogens with zero attached hydrogens (tertiary/aromatic N) is 1. The Morgan fingerprint density at radius 1 is 1.39 bits per heavy atom. The SMILES string of the molecule is NC(=O)c1cccnc1C#CC1(O)CCCCC1. The van der Waals surface area contributed by atoms with Gasteiger partial charge in [0.1, 0.15) is 11.3 Å². The van der Waals surface area contributed by atoms with Crippen LogP contribution in [0.1, 0.15) is 48.2 Å². The molecule has 0 atom stereocenters. The summed E-state index contributed by atoms with van der Waals surface area (Å²) >= 11 is 0. The zero-order valence-corrected chi connectivity index (χ0v) is 10.1. The van der Waals surface area contributed by atoms with E-state index in [1.165, 1.54) is 0 Å². The molecule has 2 rings (SSSR count). The summed E-state index contributed by atoms with van der Waals surface area (Å²) < 4.78 is 0.